The summed E-state index contributed by atoms with van der Waals surface area (Å²) < 4.78 is 0.692. The largest absolute Gasteiger partial charge is 0.478 e. The minimum atomic E-state index is -0.878. The quantitative estimate of drug-likeness (QED) is 0.836. The van der Waals surface area contributed by atoms with Gasteiger partial charge >= 0.3 is 11.9 Å². The first-order valence-corrected chi connectivity index (χ1v) is 7.58. The molecule has 0 bridgehead atoms. The van der Waals surface area contributed by atoms with Crippen molar-refractivity contribution in [3.8, 4) is 0 Å². The molecule has 19 heavy (non-hydrogen) atoms. The van der Waals surface area contributed by atoms with Gasteiger partial charge in [0.05, 0.1) is 14.9 Å². The summed E-state index contributed by atoms with van der Waals surface area (Å²) in [5, 5.41) is 18.6. The Morgan fingerprint density at radius 3 is 1.95 bits per heavy atom. The fourth-order valence-corrected chi connectivity index (χ4v) is 3.63. The molecular formula is C12H11BrO4S2. The molecule has 0 saturated heterocycles. The molecule has 2 rings (SSSR count). The molecule has 0 aliphatic heterocycles. The number of carbonyl (C=O) groups is 2. The summed E-state index contributed by atoms with van der Waals surface area (Å²) in [6.07, 6.45) is 0. The van der Waals surface area contributed by atoms with E-state index in [4.69, 9.17) is 10.2 Å². The molecule has 0 atom stereocenters. The second kappa shape index (κ2) is 6.83. The van der Waals surface area contributed by atoms with E-state index in [9.17, 15) is 9.59 Å². The maximum atomic E-state index is 10.4. The monoisotopic (exact) mass is 362 g/mol. The maximum absolute atomic E-state index is 10.4. The van der Waals surface area contributed by atoms with E-state index >= 15 is 0 Å². The second-order valence-electron chi connectivity index (χ2n) is 3.60. The van der Waals surface area contributed by atoms with Gasteiger partial charge in [0.15, 0.2) is 0 Å². The normalized spacial score (nSPS) is 9.63. The molecular weight excluding hydrogens is 352 g/mol. The van der Waals surface area contributed by atoms with Crippen LogP contribution in [0.15, 0.2) is 21.3 Å². The SMILES string of the molecule is Cc1cc(C(=O)O)c(Br)s1.Cc1cc(C(=O)O)cs1. The van der Waals surface area contributed by atoms with Crippen LogP contribution in [-0.2, 0) is 0 Å². The van der Waals surface area contributed by atoms with Crippen LogP contribution in [0.1, 0.15) is 30.5 Å². The van der Waals surface area contributed by atoms with Crippen LogP contribution in [0.5, 0.6) is 0 Å². The molecule has 0 aliphatic carbocycles. The number of hydrogen-bond donors (Lipinski definition) is 2. The summed E-state index contributed by atoms with van der Waals surface area (Å²) in [6, 6.07) is 3.31. The van der Waals surface area contributed by atoms with E-state index in [0.717, 1.165) is 9.75 Å². The van der Waals surface area contributed by atoms with Crippen molar-refractivity contribution in [2.75, 3.05) is 0 Å². The number of thiophene rings is 2. The van der Waals surface area contributed by atoms with Crippen molar-refractivity contribution in [2.24, 2.45) is 0 Å². The van der Waals surface area contributed by atoms with Crippen LogP contribution in [0, 0.1) is 13.8 Å². The minimum Gasteiger partial charge on any atom is -0.478 e. The van der Waals surface area contributed by atoms with E-state index in [-0.39, 0.29) is 0 Å². The zero-order chi connectivity index (χ0) is 14.6. The van der Waals surface area contributed by atoms with Gasteiger partial charge in [-0.05, 0) is 41.9 Å². The fourth-order valence-electron chi connectivity index (χ4n) is 1.19. The highest BCUT2D eigenvalue weighted by atomic mass is 79.9. The summed E-state index contributed by atoms with van der Waals surface area (Å²) >= 11 is 6.04. The van der Waals surface area contributed by atoms with Gasteiger partial charge in [0.1, 0.15) is 0 Å². The molecule has 2 N–H and O–H groups in total. The van der Waals surface area contributed by atoms with Gasteiger partial charge in [-0.2, -0.15) is 0 Å². The summed E-state index contributed by atoms with van der Waals surface area (Å²) in [4.78, 5) is 22.7. The van der Waals surface area contributed by atoms with Crippen molar-refractivity contribution in [1.29, 1.82) is 0 Å². The van der Waals surface area contributed by atoms with E-state index in [2.05, 4.69) is 15.9 Å². The Morgan fingerprint density at radius 2 is 1.74 bits per heavy atom. The lowest BCUT2D eigenvalue weighted by molar-refractivity contribution is 0.0686. The van der Waals surface area contributed by atoms with Gasteiger partial charge in [0, 0.05) is 15.1 Å². The van der Waals surface area contributed by atoms with Crippen molar-refractivity contribution < 1.29 is 19.8 Å². The van der Waals surface area contributed by atoms with E-state index in [0.29, 0.717) is 14.9 Å². The Hall–Kier alpha value is -1.18. The van der Waals surface area contributed by atoms with Crippen LogP contribution in [0.25, 0.3) is 0 Å². The van der Waals surface area contributed by atoms with Crippen LogP contribution >= 0.6 is 38.6 Å². The maximum Gasteiger partial charge on any atom is 0.337 e. The molecule has 0 spiro atoms. The molecule has 102 valence electrons. The highest BCUT2D eigenvalue weighted by Gasteiger charge is 2.10. The molecule has 0 unspecified atom stereocenters. The summed E-state index contributed by atoms with van der Waals surface area (Å²) in [6.45, 7) is 3.76. The first kappa shape index (κ1) is 15.9. The van der Waals surface area contributed by atoms with Crippen molar-refractivity contribution >= 4 is 50.5 Å². The van der Waals surface area contributed by atoms with Gasteiger partial charge in [-0.3, -0.25) is 0 Å². The Balaban J connectivity index is 0.000000191. The Bertz CT molecular complexity index is 601. The average molecular weight is 363 g/mol. The van der Waals surface area contributed by atoms with Crippen LogP contribution < -0.4 is 0 Å². The van der Waals surface area contributed by atoms with Crippen molar-refractivity contribution in [2.45, 2.75) is 13.8 Å². The third-order valence-electron chi connectivity index (χ3n) is 2.02. The van der Waals surface area contributed by atoms with Gasteiger partial charge in [-0.25, -0.2) is 9.59 Å². The molecule has 2 heterocycles. The fraction of sp³-hybridized carbons (Fsp3) is 0.167. The average Bonchev–Trinajstić information content (AvgIpc) is 2.85. The number of carboxylic acid groups (broad SMARTS) is 2. The van der Waals surface area contributed by atoms with E-state index < -0.39 is 11.9 Å². The van der Waals surface area contributed by atoms with Crippen molar-refractivity contribution in [1.82, 2.24) is 0 Å². The van der Waals surface area contributed by atoms with Gasteiger partial charge in [-0.15, -0.1) is 22.7 Å². The highest BCUT2D eigenvalue weighted by molar-refractivity contribution is 9.11. The predicted octanol–water partition coefficient (Wildman–Crippen LogP) is 4.27. The summed E-state index contributed by atoms with van der Waals surface area (Å²) in [5.41, 5.74) is 0.736. The molecule has 0 saturated carbocycles. The molecule has 0 aromatic carbocycles. The number of halogens is 1. The van der Waals surface area contributed by atoms with Crippen LogP contribution in [0.3, 0.4) is 0 Å². The Labute approximate surface area is 126 Å². The first-order valence-electron chi connectivity index (χ1n) is 5.09. The van der Waals surface area contributed by atoms with Gasteiger partial charge in [0.2, 0.25) is 0 Å². The lowest BCUT2D eigenvalue weighted by Crippen LogP contribution is -1.92. The van der Waals surface area contributed by atoms with Crippen molar-refractivity contribution in [3.05, 3.63) is 42.2 Å². The van der Waals surface area contributed by atoms with E-state index in [1.807, 2.05) is 13.8 Å². The van der Waals surface area contributed by atoms with E-state index in [1.165, 1.54) is 22.7 Å². The number of rotatable bonds is 2. The third-order valence-corrected chi connectivity index (χ3v) is 4.63. The smallest absolute Gasteiger partial charge is 0.337 e. The standard InChI is InChI=1S/C6H5BrO2S.C6H6O2S/c1-3-2-4(6(8)9)5(7)10-3;1-4-2-5(3-9-4)6(7)8/h2H,1H3,(H,8,9);2-3H,1H3,(H,7,8). The zero-order valence-corrected chi connectivity index (χ0v) is 13.4. The number of carboxylic acids is 2. The zero-order valence-electron chi connectivity index (χ0n) is 10.1. The number of hydrogen-bond acceptors (Lipinski definition) is 4. The van der Waals surface area contributed by atoms with Gasteiger partial charge < -0.3 is 10.2 Å². The van der Waals surface area contributed by atoms with Crippen LogP contribution in [-0.4, -0.2) is 22.2 Å². The van der Waals surface area contributed by atoms with Gasteiger partial charge in [-0.1, -0.05) is 0 Å². The lowest BCUT2D eigenvalue weighted by atomic mass is 10.3. The highest BCUT2D eigenvalue weighted by Crippen LogP contribution is 2.27. The minimum absolute atomic E-state index is 0.350. The molecule has 0 aliphatic rings. The predicted molar refractivity (Wildman–Crippen MR) is 79.7 cm³/mol. The number of aromatic carboxylic acids is 2. The third kappa shape index (κ3) is 4.77. The second-order valence-corrected chi connectivity index (χ2v) is 7.29. The van der Waals surface area contributed by atoms with Gasteiger partial charge in [0.25, 0.3) is 0 Å². The van der Waals surface area contributed by atoms with E-state index in [1.54, 1.807) is 17.5 Å². The van der Waals surface area contributed by atoms with Crippen molar-refractivity contribution in [3.63, 3.8) is 0 Å². The number of aryl methyl sites for hydroxylation is 2. The van der Waals surface area contributed by atoms with Crippen LogP contribution in [0.2, 0.25) is 0 Å². The molecule has 0 amide bonds. The summed E-state index contributed by atoms with van der Waals surface area (Å²) in [7, 11) is 0. The molecule has 4 nitrogen and oxygen atoms in total. The summed E-state index contributed by atoms with van der Waals surface area (Å²) in [5.74, 6) is -1.73. The molecule has 0 radical (unpaired) electrons. The molecule has 2 aromatic rings. The molecule has 0 fully saturated rings. The Morgan fingerprint density at radius 1 is 1.11 bits per heavy atom. The molecule has 2 aromatic heterocycles. The van der Waals surface area contributed by atoms with Crippen LogP contribution in [0.4, 0.5) is 0 Å². The lowest BCUT2D eigenvalue weighted by Gasteiger charge is -1.84. The Kier molecular flexibility index (Phi) is 5.71. The first-order chi connectivity index (χ1) is 8.81. The topological polar surface area (TPSA) is 74.6 Å². The molecule has 7 heteroatoms.